The molecule has 0 aromatic carbocycles. The Morgan fingerprint density at radius 1 is 1.20 bits per heavy atom. The molecule has 10 nitrogen and oxygen atoms in total. The predicted molar refractivity (Wildman–Crippen MR) is 88.4 cm³/mol. The third kappa shape index (κ3) is 3.84. The van der Waals surface area contributed by atoms with E-state index in [4.69, 9.17) is 4.74 Å². The number of nitrogens with one attached hydrogen (secondary N) is 2. The molecule has 0 atom stereocenters. The van der Waals surface area contributed by atoms with Crippen LogP contribution in [-0.4, -0.2) is 51.0 Å². The average Bonchev–Trinajstić information content (AvgIpc) is 3.18. The molecular weight excluding hydrogens is 328 g/mol. The van der Waals surface area contributed by atoms with Crippen LogP contribution >= 0.6 is 0 Å². The Bertz CT molecular complexity index is 807. The second-order valence-electron chi connectivity index (χ2n) is 5.04. The van der Waals surface area contributed by atoms with Crippen molar-refractivity contribution in [3.05, 3.63) is 29.3 Å². The molecule has 0 radical (unpaired) electrons. The SMILES string of the molecule is CCOC(=O)c1cc(C(=O)Nc2cn(CC)nc2C(=O)NC)nn1C. The first-order valence-electron chi connectivity index (χ1n) is 7.73. The van der Waals surface area contributed by atoms with E-state index in [0.29, 0.717) is 6.54 Å². The van der Waals surface area contributed by atoms with E-state index in [1.165, 1.54) is 29.5 Å². The number of anilines is 1. The summed E-state index contributed by atoms with van der Waals surface area (Å²) in [6.45, 7) is 4.30. The van der Waals surface area contributed by atoms with Crippen LogP contribution in [0.25, 0.3) is 0 Å². The van der Waals surface area contributed by atoms with Crippen molar-refractivity contribution in [3.8, 4) is 0 Å². The number of hydrogen-bond donors (Lipinski definition) is 2. The number of nitrogens with zero attached hydrogens (tertiary/aromatic N) is 4. The smallest absolute Gasteiger partial charge is 0.356 e. The molecule has 0 aliphatic carbocycles. The van der Waals surface area contributed by atoms with Crippen molar-refractivity contribution in [1.82, 2.24) is 24.9 Å². The third-order valence-corrected chi connectivity index (χ3v) is 3.37. The first-order valence-corrected chi connectivity index (χ1v) is 7.73. The quantitative estimate of drug-likeness (QED) is 0.730. The Morgan fingerprint density at radius 3 is 2.52 bits per heavy atom. The molecule has 0 bridgehead atoms. The summed E-state index contributed by atoms with van der Waals surface area (Å²) in [6.07, 6.45) is 1.55. The fraction of sp³-hybridized carbons (Fsp3) is 0.400. The van der Waals surface area contributed by atoms with E-state index in [0.717, 1.165) is 0 Å². The Labute approximate surface area is 144 Å². The van der Waals surface area contributed by atoms with Gasteiger partial charge in [0.15, 0.2) is 11.4 Å². The third-order valence-electron chi connectivity index (χ3n) is 3.37. The maximum absolute atomic E-state index is 12.4. The predicted octanol–water partition coefficient (Wildman–Crippen LogP) is 0.425. The Morgan fingerprint density at radius 2 is 1.92 bits per heavy atom. The topological polar surface area (TPSA) is 120 Å². The summed E-state index contributed by atoms with van der Waals surface area (Å²) < 4.78 is 7.70. The minimum Gasteiger partial charge on any atom is -0.461 e. The van der Waals surface area contributed by atoms with E-state index in [2.05, 4.69) is 20.8 Å². The van der Waals surface area contributed by atoms with Crippen LogP contribution in [0.1, 0.15) is 45.3 Å². The Balaban J connectivity index is 2.26. The van der Waals surface area contributed by atoms with Gasteiger partial charge in [-0.15, -0.1) is 0 Å². The number of carbonyl (C=O) groups excluding carboxylic acids is 3. The summed E-state index contributed by atoms with van der Waals surface area (Å²) in [5.74, 6) is -1.55. The zero-order valence-corrected chi connectivity index (χ0v) is 14.5. The average molecular weight is 348 g/mol. The molecule has 2 amide bonds. The number of rotatable bonds is 6. The van der Waals surface area contributed by atoms with Gasteiger partial charge in [0.05, 0.1) is 12.3 Å². The number of aromatic nitrogens is 4. The molecule has 0 saturated carbocycles. The van der Waals surface area contributed by atoms with Crippen molar-refractivity contribution < 1.29 is 19.1 Å². The molecule has 0 fully saturated rings. The molecule has 134 valence electrons. The molecule has 2 rings (SSSR count). The number of carbonyl (C=O) groups is 3. The molecule has 0 unspecified atom stereocenters. The molecule has 10 heteroatoms. The summed E-state index contributed by atoms with van der Waals surface area (Å²) in [7, 11) is 3.01. The van der Waals surface area contributed by atoms with Crippen LogP contribution in [0.15, 0.2) is 12.3 Å². The van der Waals surface area contributed by atoms with Gasteiger partial charge in [-0.3, -0.25) is 19.0 Å². The first kappa shape index (κ1) is 18.2. The Kier molecular flexibility index (Phi) is 5.52. The normalized spacial score (nSPS) is 10.4. The van der Waals surface area contributed by atoms with Crippen molar-refractivity contribution in [1.29, 1.82) is 0 Å². The van der Waals surface area contributed by atoms with Gasteiger partial charge in [-0.2, -0.15) is 10.2 Å². The van der Waals surface area contributed by atoms with E-state index < -0.39 is 17.8 Å². The monoisotopic (exact) mass is 348 g/mol. The standard InChI is InChI=1S/C15H20N6O4/c1-5-21-8-10(12(19-21)14(23)16-3)17-13(22)9-7-11(20(4)18-9)15(24)25-6-2/h7-8H,5-6H2,1-4H3,(H,16,23)(H,17,22). The molecule has 2 aromatic rings. The number of hydrogen-bond acceptors (Lipinski definition) is 6. The number of esters is 1. The van der Waals surface area contributed by atoms with Crippen LogP contribution in [0.2, 0.25) is 0 Å². The molecular formula is C15H20N6O4. The Hall–Kier alpha value is -3.17. The molecule has 0 aliphatic heterocycles. The van der Waals surface area contributed by atoms with Crippen molar-refractivity contribution in [2.24, 2.45) is 7.05 Å². The van der Waals surface area contributed by atoms with Gasteiger partial charge in [0.25, 0.3) is 11.8 Å². The van der Waals surface area contributed by atoms with E-state index in [1.807, 2.05) is 6.92 Å². The van der Waals surface area contributed by atoms with Gasteiger partial charge in [0, 0.05) is 32.9 Å². The fourth-order valence-electron chi connectivity index (χ4n) is 2.12. The van der Waals surface area contributed by atoms with Crippen LogP contribution in [0.5, 0.6) is 0 Å². The van der Waals surface area contributed by atoms with Crippen LogP contribution in [-0.2, 0) is 18.3 Å². The van der Waals surface area contributed by atoms with Gasteiger partial charge in [-0.05, 0) is 13.8 Å². The summed E-state index contributed by atoms with van der Waals surface area (Å²) >= 11 is 0. The lowest BCUT2D eigenvalue weighted by Gasteiger charge is -2.02. The summed E-state index contributed by atoms with van der Waals surface area (Å²) in [6, 6.07) is 1.33. The number of amides is 2. The highest BCUT2D eigenvalue weighted by molar-refractivity contribution is 6.08. The van der Waals surface area contributed by atoms with Crippen molar-refractivity contribution in [2.45, 2.75) is 20.4 Å². The summed E-state index contributed by atoms with van der Waals surface area (Å²) in [5, 5.41) is 13.2. The first-order chi connectivity index (χ1) is 11.9. The zero-order chi connectivity index (χ0) is 18.6. The molecule has 2 aromatic heterocycles. The van der Waals surface area contributed by atoms with Crippen LogP contribution in [0.4, 0.5) is 5.69 Å². The molecule has 25 heavy (non-hydrogen) atoms. The van der Waals surface area contributed by atoms with Crippen LogP contribution < -0.4 is 10.6 Å². The maximum Gasteiger partial charge on any atom is 0.356 e. The van der Waals surface area contributed by atoms with Crippen molar-refractivity contribution in [2.75, 3.05) is 19.0 Å². The molecule has 0 aliphatic rings. The van der Waals surface area contributed by atoms with Gasteiger partial charge in [0.1, 0.15) is 5.69 Å². The lowest BCUT2D eigenvalue weighted by molar-refractivity contribution is 0.0513. The second kappa shape index (κ2) is 7.60. The summed E-state index contributed by atoms with van der Waals surface area (Å²) in [4.78, 5) is 36.1. The highest BCUT2D eigenvalue weighted by atomic mass is 16.5. The van der Waals surface area contributed by atoms with Gasteiger partial charge < -0.3 is 15.4 Å². The molecule has 0 saturated heterocycles. The zero-order valence-electron chi connectivity index (χ0n) is 14.5. The number of ether oxygens (including phenoxy) is 1. The highest BCUT2D eigenvalue weighted by Crippen LogP contribution is 2.16. The molecule has 0 spiro atoms. The fourth-order valence-corrected chi connectivity index (χ4v) is 2.12. The summed E-state index contributed by atoms with van der Waals surface area (Å²) in [5.41, 5.74) is 0.536. The molecule has 2 N–H and O–H groups in total. The van der Waals surface area contributed by atoms with E-state index in [1.54, 1.807) is 13.1 Å². The second-order valence-corrected chi connectivity index (χ2v) is 5.04. The van der Waals surface area contributed by atoms with Crippen LogP contribution in [0, 0.1) is 0 Å². The minimum absolute atomic E-state index is 0.0256. The van der Waals surface area contributed by atoms with Crippen molar-refractivity contribution >= 4 is 23.5 Å². The minimum atomic E-state index is -0.568. The largest absolute Gasteiger partial charge is 0.461 e. The van der Waals surface area contributed by atoms with Crippen molar-refractivity contribution in [3.63, 3.8) is 0 Å². The lowest BCUT2D eigenvalue weighted by atomic mass is 10.3. The van der Waals surface area contributed by atoms with Gasteiger partial charge in [0.2, 0.25) is 0 Å². The maximum atomic E-state index is 12.4. The van der Waals surface area contributed by atoms with E-state index in [9.17, 15) is 14.4 Å². The van der Waals surface area contributed by atoms with Crippen LogP contribution in [0.3, 0.4) is 0 Å². The lowest BCUT2D eigenvalue weighted by Crippen LogP contribution is -2.21. The van der Waals surface area contributed by atoms with Gasteiger partial charge >= 0.3 is 5.97 Å². The van der Waals surface area contributed by atoms with E-state index in [-0.39, 0.29) is 29.4 Å². The van der Waals surface area contributed by atoms with Gasteiger partial charge in [-0.1, -0.05) is 0 Å². The van der Waals surface area contributed by atoms with E-state index >= 15 is 0 Å². The molecule has 2 heterocycles. The van der Waals surface area contributed by atoms with Gasteiger partial charge in [-0.25, -0.2) is 4.79 Å². The number of aryl methyl sites for hydroxylation is 2. The highest BCUT2D eigenvalue weighted by Gasteiger charge is 2.22.